The van der Waals surface area contributed by atoms with Crippen molar-refractivity contribution in [2.24, 2.45) is 0 Å². The first kappa shape index (κ1) is 24.5. The molecule has 9 nitrogen and oxygen atoms in total. The van der Waals surface area contributed by atoms with Crippen LogP contribution < -0.4 is 26.0 Å². The summed E-state index contributed by atoms with van der Waals surface area (Å²) in [5.74, 6) is 2.39. The van der Waals surface area contributed by atoms with Gasteiger partial charge in [0, 0.05) is 50.3 Å². The molecular formula is C25H30N6O3. The fourth-order valence-corrected chi connectivity index (χ4v) is 3.25. The number of anilines is 2. The Kier molecular flexibility index (Phi) is 9.21. The molecule has 2 aromatic carbocycles. The molecule has 0 aliphatic carbocycles. The summed E-state index contributed by atoms with van der Waals surface area (Å²) in [6.07, 6.45) is 0.248. The molecule has 9 heteroatoms. The average molecular weight is 463 g/mol. The molecule has 34 heavy (non-hydrogen) atoms. The number of carbonyl (C=O) groups is 2. The summed E-state index contributed by atoms with van der Waals surface area (Å²) in [4.78, 5) is 32.6. The summed E-state index contributed by atoms with van der Waals surface area (Å²) in [7, 11) is 1.59. The van der Waals surface area contributed by atoms with E-state index >= 15 is 0 Å². The normalized spacial score (nSPS) is 10.3. The number of methoxy groups -OCH3 is 1. The Bertz CT molecular complexity index is 1090. The fourth-order valence-electron chi connectivity index (χ4n) is 3.25. The van der Waals surface area contributed by atoms with E-state index in [9.17, 15) is 9.59 Å². The maximum absolute atomic E-state index is 12.3. The van der Waals surface area contributed by atoms with Gasteiger partial charge >= 0.3 is 0 Å². The van der Waals surface area contributed by atoms with Crippen LogP contribution in [0.5, 0.6) is 5.75 Å². The molecule has 3 rings (SSSR count). The fraction of sp³-hybridized carbons (Fsp3) is 0.280. The van der Waals surface area contributed by atoms with Crippen LogP contribution in [-0.2, 0) is 16.0 Å². The topological polar surface area (TPSA) is 117 Å². The van der Waals surface area contributed by atoms with Gasteiger partial charge in [-0.15, -0.1) is 0 Å². The maximum atomic E-state index is 12.3. The minimum Gasteiger partial charge on any atom is -0.496 e. The summed E-state index contributed by atoms with van der Waals surface area (Å²) in [6.45, 7) is 3.43. The first-order valence-electron chi connectivity index (χ1n) is 11.1. The smallest absolute Gasteiger partial charge is 0.224 e. The van der Waals surface area contributed by atoms with E-state index in [4.69, 9.17) is 4.74 Å². The molecule has 0 aliphatic rings. The van der Waals surface area contributed by atoms with Gasteiger partial charge in [-0.3, -0.25) is 9.59 Å². The van der Waals surface area contributed by atoms with Crippen LogP contribution in [0.2, 0.25) is 0 Å². The van der Waals surface area contributed by atoms with Crippen LogP contribution in [0.4, 0.5) is 11.6 Å². The first-order chi connectivity index (χ1) is 16.5. The predicted octanol–water partition coefficient (Wildman–Crippen LogP) is 2.47. The highest BCUT2D eigenvalue weighted by Crippen LogP contribution is 2.20. The second kappa shape index (κ2) is 12.8. The summed E-state index contributed by atoms with van der Waals surface area (Å²) < 4.78 is 5.30. The van der Waals surface area contributed by atoms with Crippen molar-refractivity contribution in [1.82, 2.24) is 20.6 Å². The van der Waals surface area contributed by atoms with Crippen LogP contribution in [0.1, 0.15) is 12.5 Å². The largest absolute Gasteiger partial charge is 0.496 e. The molecule has 0 aliphatic heterocycles. The molecule has 1 heterocycles. The number of rotatable bonds is 12. The van der Waals surface area contributed by atoms with Crippen molar-refractivity contribution in [3.63, 3.8) is 0 Å². The van der Waals surface area contributed by atoms with Gasteiger partial charge in [-0.1, -0.05) is 48.5 Å². The average Bonchev–Trinajstić information content (AvgIpc) is 2.85. The summed E-state index contributed by atoms with van der Waals surface area (Å²) in [5.41, 5.74) is 1.73. The Balaban J connectivity index is 1.57. The second-order valence-electron chi connectivity index (χ2n) is 7.50. The summed E-state index contributed by atoms with van der Waals surface area (Å²) in [6, 6.07) is 19.0. The molecule has 3 aromatic rings. The molecule has 0 radical (unpaired) electrons. The third-order valence-electron chi connectivity index (χ3n) is 4.86. The SMILES string of the molecule is COc1ccccc1CC(=O)NCCNc1cc(NCCNC(C)=O)nc(-c2ccccc2)n1. The molecule has 1 aromatic heterocycles. The highest BCUT2D eigenvalue weighted by molar-refractivity contribution is 5.79. The standard InChI is InChI=1S/C25H30N6O3/c1-18(32)26-12-13-27-22-17-23(31-25(30-22)19-8-4-3-5-9-19)28-14-15-29-24(33)16-20-10-6-7-11-21(20)34-2/h3-11,17H,12-16H2,1-2H3,(H,26,32)(H,29,33)(H2,27,28,30,31). The van der Waals surface area contributed by atoms with Gasteiger partial charge in [-0.05, 0) is 6.07 Å². The lowest BCUT2D eigenvalue weighted by Gasteiger charge is -2.12. The number of hydrogen-bond donors (Lipinski definition) is 4. The van der Waals surface area contributed by atoms with E-state index in [0.29, 0.717) is 49.4 Å². The van der Waals surface area contributed by atoms with Gasteiger partial charge < -0.3 is 26.0 Å². The molecule has 0 saturated carbocycles. The van der Waals surface area contributed by atoms with Gasteiger partial charge in [0.05, 0.1) is 13.5 Å². The van der Waals surface area contributed by atoms with Gasteiger partial charge in [-0.2, -0.15) is 0 Å². The van der Waals surface area contributed by atoms with E-state index in [1.807, 2.05) is 54.6 Å². The van der Waals surface area contributed by atoms with Crippen molar-refractivity contribution in [3.8, 4) is 17.1 Å². The number of para-hydroxylation sites is 1. The van der Waals surface area contributed by atoms with Crippen LogP contribution in [0, 0.1) is 0 Å². The molecule has 0 atom stereocenters. The number of amides is 2. The Morgan fingerprint density at radius 3 is 2.09 bits per heavy atom. The van der Waals surface area contributed by atoms with E-state index in [-0.39, 0.29) is 18.2 Å². The van der Waals surface area contributed by atoms with Crippen molar-refractivity contribution in [2.75, 3.05) is 43.9 Å². The summed E-state index contributed by atoms with van der Waals surface area (Å²) in [5, 5.41) is 12.1. The highest BCUT2D eigenvalue weighted by atomic mass is 16.5. The zero-order valence-corrected chi connectivity index (χ0v) is 19.4. The van der Waals surface area contributed by atoms with Crippen molar-refractivity contribution >= 4 is 23.5 Å². The van der Waals surface area contributed by atoms with Gasteiger partial charge in [0.25, 0.3) is 0 Å². The molecule has 0 unspecified atom stereocenters. The number of hydrogen-bond acceptors (Lipinski definition) is 7. The quantitative estimate of drug-likeness (QED) is 0.306. The van der Waals surface area contributed by atoms with Crippen molar-refractivity contribution in [2.45, 2.75) is 13.3 Å². The van der Waals surface area contributed by atoms with Crippen molar-refractivity contribution in [1.29, 1.82) is 0 Å². The first-order valence-corrected chi connectivity index (χ1v) is 11.1. The maximum Gasteiger partial charge on any atom is 0.224 e. The number of ether oxygens (including phenoxy) is 1. The second-order valence-corrected chi connectivity index (χ2v) is 7.50. The Hall–Kier alpha value is -4.14. The highest BCUT2D eigenvalue weighted by Gasteiger charge is 2.09. The van der Waals surface area contributed by atoms with E-state index < -0.39 is 0 Å². The molecule has 178 valence electrons. The van der Waals surface area contributed by atoms with Crippen LogP contribution in [-0.4, -0.2) is 55.1 Å². The van der Waals surface area contributed by atoms with Crippen LogP contribution in [0.15, 0.2) is 60.7 Å². The predicted molar refractivity (Wildman–Crippen MR) is 133 cm³/mol. The number of nitrogens with one attached hydrogen (secondary N) is 4. The van der Waals surface area contributed by atoms with Crippen molar-refractivity contribution in [3.05, 3.63) is 66.2 Å². The van der Waals surface area contributed by atoms with Gasteiger partial charge in [0.1, 0.15) is 17.4 Å². The Morgan fingerprint density at radius 2 is 1.44 bits per heavy atom. The van der Waals surface area contributed by atoms with E-state index in [1.54, 1.807) is 13.2 Å². The number of aromatic nitrogens is 2. The van der Waals surface area contributed by atoms with E-state index in [0.717, 1.165) is 11.1 Å². The number of benzene rings is 2. The van der Waals surface area contributed by atoms with Gasteiger partial charge in [0.15, 0.2) is 5.82 Å². The molecular weight excluding hydrogens is 432 g/mol. The van der Waals surface area contributed by atoms with E-state index in [1.165, 1.54) is 6.92 Å². The Morgan fingerprint density at radius 1 is 0.824 bits per heavy atom. The van der Waals surface area contributed by atoms with Crippen LogP contribution >= 0.6 is 0 Å². The lowest BCUT2D eigenvalue weighted by atomic mass is 10.1. The molecule has 0 bridgehead atoms. The molecule has 4 N–H and O–H groups in total. The molecule has 0 spiro atoms. The van der Waals surface area contributed by atoms with Crippen molar-refractivity contribution < 1.29 is 14.3 Å². The van der Waals surface area contributed by atoms with Gasteiger partial charge in [0.2, 0.25) is 11.8 Å². The third-order valence-corrected chi connectivity index (χ3v) is 4.86. The minimum atomic E-state index is -0.0840. The van der Waals surface area contributed by atoms with Crippen LogP contribution in [0.25, 0.3) is 11.4 Å². The lowest BCUT2D eigenvalue weighted by molar-refractivity contribution is -0.120. The molecule has 0 fully saturated rings. The zero-order valence-electron chi connectivity index (χ0n) is 19.4. The summed E-state index contributed by atoms with van der Waals surface area (Å²) >= 11 is 0. The number of nitrogens with zero attached hydrogens (tertiary/aromatic N) is 2. The van der Waals surface area contributed by atoms with Crippen LogP contribution in [0.3, 0.4) is 0 Å². The molecule has 0 saturated heterocycles. The number of carbonyl (C=O) groups excluding carboxylic acids is 2. The van der Waals surface area contributed by atoms with Gasteiger partial charge in [-0.25, -0.2) is 9.97 Å². The lowest BCUT2D eigenvalue weighted by Crippen LogP contribution is -2.30. The zero-order chi connectivity index (χ0) is 24.2. The Labute approximate surface area is 199 Å². The third kappa shape index (κ3) is 7.77. The molecule has 2 amide bonds. The minimum absolute atomic E-state index is 0.0791. The van der Waals surface area contributed by atoms with E-state index in [2.05, 4.69) is 31.2 Å². The monoisotopic (exact) mass is 462 g/mol.